The summed E-state index contributed by atoms with van der Waals surface area (Å²) in [5.74, 6) is 1.94. The number of amides is 1. The summed E-state index contributed by atoms with van der Waals surface area (Å²) in [6.45, 7) is 1.95. The topological polar surface area (TPSA) is 111 Å². The highest BCUT2D eigenvalue weighted by Crippen LogP contribution is 2.42. The number of rotatable bonds is 4. The molecular weight excluding hydrogens is 374 g/mol. The fraction of sp³-hybridized carbons (Fsp3) is 0.400. The van der Waals surface area contributed by atoms with Gasteiger partial charge in [-0.25, -0.2) is 4.98 Å². The first-order chi connectivity index (χ1) is 14.0. The van der Waals surface area contributed by atoms with E-state index in [1.807, 2.05) is 18.2 Å². The van der Waals surface area contributed by atoms with E-state index in [1.165, 1.54) is 10.6 Å². The Balaban J connectivity index is 1.39. The van der Waals surface area contributed by atoms with Crippen molar-refractivity contribution in [3.8, 4) is 11.5 Å². The van der Waals surface area contributed by atoms with Crippen LogP contribution < -0.4 is 20.3 Å². The van der Waals surface area contributed by atoms with Gasteiger partial charge in [-0.1, -0.05) is 18.9 Å². The van der Waals surface area contributed by atoms with Crippen molar-refractivity contribution in [2.75, 3.05) is 6.79 Å². The second-order valence-electron chi connectivity index (χ2n) is 7.62. The van der Waals surface area contributed by atoms with Crippen molar-refractivity contribution in [3.63, 3.8) is 0 Å². The number of aromatic amines is 1. The fourth-order valence-corrected chi connectivity index (χ4v) is 4.24. The van der Waals surface area contributed by atoms with Crippen molar-refractivity contribution in [1.82, 2.24) is 24.9 Å². The molecule has 0 bridgehead atoms. The van der Waals surface area contributed by atoms with Gasteiger partial charge in [-0.2, -0.15) is 9.50 Å². The van der Waals surface area contributed by atoms with E-state index in [2.05, 4.69) is 20.4 Å². The van der Waals surface area contributed by atoms with Crippen LogP contribution in [-0.2, 0) is 16.8 Å². The smallest absolute Gasteiger partial charge is 0.274 e. The molecule has 3 aromatic rings. The molecule has 0 spiro atoms. The Labute approximate surface area is 166 Å². The van der Waals surface area contributed by atoms with Crippen LogP contribution in [0.25, 0.3) is 5.78 Å². The minimum absolute atomic E-state index is 0.0359. The Morgan fingerprint density at radius 2 is 2.00 bits per heavy atom. The quantitative estimate of drug-likeness (QED) is 0.694. The average molecular weight is 395 g/mol. The summed E-state index contributed by atoms with van der Waals surface area (Å²) >= 11 is 0. The van der Waals surface area contributed by atoms with Gasteiger partial charge in [-0.05, 0) is 37.5 Å². The molecule has 1 aliphatic heterocycles. The summed E-state index contributed by atoms with van der Waals surface area (Å²) in [6.07, 6.45) is 3.83. The van der Waals surface area contributed by atoms with E-state index in [0.29, 0.717) is 17.3 Å². The van der Waals surface area contributed by atoms with Gasteiger partial charge < -0.3 is 14.8 Å². The molecule has 0 saturated heterocycles. The van der Waals surface area contributed by atoms with E-state index in [0.717, 1.165) is 37.0 Å². The Morgan fingerprint density at radius 3 is 2.83 bits per heavy atom. The molecular formula is C20H21N5O4. The van der Waals surface area contributed by atoms with Crippen LogP contribution in [-0.4, -0.2) is 32.3 Å². The molecule has 1 saturated carbocycles. The number of ether oxygens (including phenoxy) is 2. The summed E-state index contributed by atoms with van der Waals surface area (Å²) in [5, 5.41) is 6.08. The lowest BCUT2D eigenvalue weighted by Crippen LogP contribution is -2.44. The fourth-order valence-electron chi connectivity index (χ4n) is 4.24. The maximum absolute atomic E-state index is 12.9. The van der Waals surface area contributed by atoms with Crippen molar-refractivity contribution in [3.05, 3.63) is 51.7 Å². The third-order valence-electron chi connectivity index (χ3n) is 5.59. The number of hydrogen-bond donors (Lipinski definition) is 2. The van der Waals surface area contributed by atoms with Crippen molar-refractivity contribution < 1.29 is 14.3 Å². The van der Waals surface area contributed by atoms with Crippen LogP contribution in [0.15, 0.2) is 29.1 Å². The van der Waals surface area contributed by atoms with Gasteiger partial charge in [0.15, 0.2) is 11.5 Å². The van der Waals surface area contributed by atoms with Crippen LogP contribution in [0.3, 0.4) is 0 Å². The van der Waals surface area contributed by atoms with Gasteiger partial charge in [-0.3, -0.25) is 14.7 Å². The number of benzene rings is 1. The van der Waals surface area contributed by atoms with Gasteiger partial charge in [0.1, 0.15) is 5.82 Å². The third-order valence-corrected chi connectivity index (χ3v) is 5.59. The monoisotopic (exact) mass is 395 g/mol. The van der Waals surface area contributed by atoms with Gasteiger partial charge in [0.2, 0.25) is 12.7 Å². The zero-order valence-electron chi connectivity index (χ0n) is 16.0. The van der Waals surface area contributed by atoms with Crippen molar-refractivity contribution in [1.29, 1.82) is 0 Å². The molecule has 1 aromatic carbocycles. The first-order valence-electron chi connectivity index (χ1n) is 9.69. The first kappa shape index (κ1) is 17.7. The lowest BCUT2D eigenvalue weighted by atomic mass is 9.87. The number of H-pyrrole nitrogens is 1. The SMILES string of the molecule is Cc1cc(=O)n2[nH]c(CC(=O)NC3(c4ccc5c(c4)OCO5)CCCC3)nc2n1. The predicted octanol–water partition coefficient (Wildman–Crippen LogP) is 1.58. The van der Waals surface area contributed by atoms with E-state index in [9.17, 15) is 9.59 Å². The highest BCUT2D eigenvalue weighted by Gasteiger charge is 2.38. The molecule has 5 rings (SSSR count). The molecule has 2 aromatic heterocycles. The number of nitrogens with one attached hydrogen (secondary N) is 2. The number of aromatic nitrogens is 4. The summed E-state index contributed by atoms with van der Waals surface area (Å²) in [4.78, 5) is 33.4. The first-order valence-corrected chi connectivity index (χ1v) is 9.69. The molecule has 0 unspecified atom stereocenters. The number of hydrogen-bond acceptors (Lipinski definition) is 6. The van der Waals surface area contributed by atoms with Crippen molar-refractivity contribution >= 4 is 11.7 Å². The van der Waals surface area contributed by atoms with Gasteiger partial charge in [-0.15, -0.1) is 0 Å². The molecule has 1 aliphatic carbocycles. The van der Waals surface area contributed by atoms with Gasteiger partial charge in [0.05, 0.1) is 12.0 Å². The van der Waals surface area contributed by atoms with Crippen LogP contribution in [0.4, 0.5) is 0 Å². The van der Waals surface area contributed by atoms with Gasteiger partial charge in [0, 0.05) is 11.8 Å². The Hall–Kier alpha value is -3.36. The Morgan fingerprint density at radius 1 is 1.21 bits per heavy atom. The average Bonchev–Trinajstić information content (AvgIpc) is 3.40. The number of carbonyl (C=O) groups excluding carboxylic acids is 1. The second kappa shape index (κ2) is 6.61. The Bertz CT molecular complexity index is 1160. The van der Waals surface area contributed by atoms with Crippen LogP contribution in [0.2, 0.25) is 0 Å². The molecule has 0 atom stereocenters. The third kappa shape index (κ3) is 3.12. The lowest BCUT2D eigenvalue weighted by molar-refractivity contribution is -0.122. The molecule has 9 heteroatoms. The molecule has 2 N–H and O–H groups in total. The van der Waals surface area contributed by atoms with E-state index in [4.69, 9.17) is 9.47 Å². The van der Waals surface area contributed by atoms with E-state index >= 15 is 0 Å². The number of fused-ring (bicyclic) bond motifs is 2. The normalized spacial score (nSPS) is 17.0. The number of aryl methyl sites for hydroxylation is 1. The van der Waals surface area contributed by atoms with Gasteiger partial charge in [0.25, 0.3) is 11.3 Å². The zero-order chi connectivity index (χ0) is 20.0. The molecule has 3 heterocycles. The van der Waals surface area contributed by atoms with E-state index in [-0.39, 0.29) is 30.5 Å². The highest BCUT2D eigenvalue weighted by atomic mass is 16.7. The minimum atomic E-state index is -0.435. The number of carbonyl (C=O) groups is 1. The molecule has 1 amide bonds. The maximum Gasteiger partial charge on any atom is 0.274 e. The van der Waals surface area contributed by atoms with E-state index in [1.54, 1.807) is 6.92 Å². The Kier molecular flexibility index (Phi) is 4.04. The minimum Gasteiger partial charge on any atom is -0.454 e. The molecule has 29 heavy (non-hydrogen) atoms. The highest BCUT2D eigenvalue weighted by molar-refractivity contribution is 5.79. The second-order valence-corrected chi connectivity index (χ2v) is 7.62. The maximum atomic E-state index is 12.9. The molecule has 2 aliphatic rings. The zero-order valence-corrected chi connectivity index (χ0v) is 16.0. The lowest BCUT2D eigenvalue weighted by Gasteiger charge is -2.31. The molecule has 150 valence electrons. The van der Waals surface area contributed by atoms with Crippen LogP contribution in [0.5, 0.6) is 11.5 Å². The predicted molar refractivity (Wildman–Crippen MR) is 103 cm³/mol. The summed E-state index contributed by atoms with van der Waals surface area (Å²) in [6, 6.07) is 7.26. The van der Waals surface area contributed by atoms with Crippen LogP contribution >= 0.6 is 0 Å². The van der Waals surface area contributed by atoms with Crippen molar-refractivity contribution in [2.45, 2.75) is 44.6 Å². The summed E-state index contributed by atoms with van der Waals surface area (Å²) in [5.41, 5.74) is 0.922. The van der Waals surface area contributed by atoms with Gasteiger partial charge >= 0.3 is 0 Å². The standard InChI is InChI=1S/C20H21N5O4/c1-12-8-18(27)25-19(21-12)22-16(24-25)10-17(26)23-20(6-2-3-7-20)13-4-5-14-15(9-13)29-11-28-14/h4-5,8-9H,2-3,6-7,10-11H2,1H3,(H,23,26)(H,21,22,24). The van der Waals surface area contributed by atoms with Crippen LogP contribution in [0.1, 0.15) is 42.8 Å². The van der Waals surface area contributed by atoms with E-state index < -0.39 is 5.54 Å². The summed E-state index contributed by atoms with van der Waals surface area (Å²) in [7, 11) is 0. The molecule has 0 radical (unpaired) electrons. The van der Waals surface area contributed by atoms with Crippen LogP contribution in [0, 0.1) is 6.92 Å². The van der Waals surface area contributed by atoms with Crippen molar-refractivity contribution in [2.24, 2.45) is 0 Å². The largest absolute Gasteiger partial charge is 0.454 e. The molecule has 9 nitrogen and oxygen atoms in total. The summed E-state index contributed by atoms with van der Waals surface area (Å²) < 4.78 is 12.2. The number of nitrogens with zero attached hydrogens (tertiary/aromatic N) is 3. The molecule has 1 fully saturated rings.